The molecule has 0 amide bonds. The molecule has 2 heteroatoms. The summed E-state index contributed by atoms with van der Waals surface area (Å²) in [6.07, 6.45) is 6.72. The lowest BCUT2D eigenvalue weighted by Crippen LogP contribution is -2.30. The molecule has 1 saturated heterocycles. The fourth-order valence-electron chi connectivity index (χ4n) is 4.27. The van der Waals surface area contributed by atoms with E-state index in [9.17, 15) is 0 Å². The molecule has 1 aromatic carbocycles. The zero-order valence-corrected chi connectivity index (χ0v) is 13.9. The van der Waals surface area contributed by atoms with Gasteiger partial charge in [0.1, 0.15) is 0 Å². The summed E-state index contributed by atoms with van der Waals surface area (Å²) in [5.41, 5.74) is 4.13. The van der Waals surface area contributed by atoms with Gasteiger partial charge in [0.25, 0.3) is 0 Å². The quantitative estimate of drug-likeness (QED) is 0.856. The van der Waals surface area contributed by atoms with E-state index in [1.54, 1.807) is 0 Å². The predicted molar refractivity (Wildman–Crippen MR) is 92.2 cm³/mol. The van der Waals surface area contributed by atoms with Crippen LogP contribution in [0, 0.1) is 18.8 Å². The highest BCUT2D eigenvalue weighted by Gasteiger charge is 2.24. The maximum atomic E-state index is 3.81. The number of benzene rings is 1. The maximum absolute atomic E-state index is 3.81. The first kappa shape index (κ1) is 14.7. The van der Waals surface area contributed by atoms with Crippen LogP contribution in [0.25, 0.3) is 0 Å². The van der Waals surface area contributed by atoms with Gasteiger partial charge in [0.05, 0.1) is 0 Å². The summed E-state index contributed by atoms with van der Waals surface area (Å²) in [7, 11) is 0. The van der Waals surface area contributed by atoms with Crippen LogP contribution in [0.4, 0.5) is 11.4 Å². The van der Waals surface area contributed by atoms with Gasteiger partial charge >= 0.3 is 0 Å². The van der Waals surface area contributed by atoms with Gasteiger partial charge in [0, 0.05) is 30.5 Å². The van der Waals surface area contributed by atoms with E-state index in [-0.39, 0.29) is 0 Å². The Kier molecular flexibility index (Phi) is 4.42. The van der Waals surface area contributed by atoms with Crippen LogP contribution in [-0.2, 0) is 0 Å². The fraction of sp³-hybridized carbons (Fsp3) is 0.684. The second-order valence-corrected chi connectivity index (χ2v) is 7.45. The van der Waals surface area contributed by atoms with Crippen molar-refractivity contribution in [2.45, 2.75) is 58.9 Å². The Labute approximate surface area is 129 Å². The van der Waals surface area contributed by atoms with E-state index in [1.165, 1.54) is 62.1 Å². The smallest absolute Gasteiger partial charge is 0.0373 e. The van der Waals surface area contributed by atoms with Gasteiger partial charge in [0.2, 0.25) is 0 Å². The number of hydrogen-bond acceptors (Lipinski definition) is 2. The van der Waals surface area contributed by atoms with E-state index in [1.807, 2.05) is 0 Å². The van der Waals surface area contributed by atoms with E-state index < -0.39 is 0 Å². The number of nitrogens with zero attached hydrogens (tertiary/aromatic N) is 1. The van der Waals surface area contributed by atoms with Gasteiger partial charge in [-0.1, -0.05) is 13.8 Å². The minimum absolute atomic E-state index is 0.653. The van der Waals surface area contributed by atoms with Crippen molar-refractivity contribution in [3.63, 3.8) is 0 Å². The zero-order chi connectivity index (χ0) is 14.8. The van der Waals surface area contributed by atoms with Gasteiger partial charge in [-0.25, -0.2) is 0 Å². The standard InChI is InChI=1S/C19H30N2/c1-14-10-15(2)12-17(11-14)20-19-7-6-18(13-16(19)3)21-8-4-5-9-21/h6-7,13-15,17,20H,4-5,8-12H2,1-3H3. The average molecular weight is 286 g/mol. The monoisotopic (exact) mass is 286 g/mol. The highest BCUT2D eigenvalue weighted by atomic mass is 15.1. The number of anilines is 2. The maximum Gasteiger partial charge on any atom is 0.0373 e. The molecule has 2 atom stereocenters. The van der Waals surface area contributed by atoms with Crippen LogP contribution in [0.1, 0.15) is 51.5 Å². The van der Waals surface area contributed by atoms with Crippen LogP contribution in [-0.4, -0.2) is 19.1 Å². The summed E-state index contributed by atoms with van der Waals surface area (Å²) in [5, 5.41) is 3.81. The molecule has 2 nitrogen and oxygen atoms in total. The van der Waals surface area contributed by atoms with E-state index in [2.05, 4.69) is 49.2 Å². The Bertz CT molecular complexity index is 466. The molecule has 0 radical (unpaired) electrons. The molecule has 2 aliphatic rings. The lowest BCUT2D eigenvalue weighted by Gasteiger charge is -2.33. The molecule has 1 saturated carbocycles. The first-order valence-electron chi connectivity index (χ1n) is 8.74. The van der Waals surface area contributed by atoms with E-state index >= 15 is 0 Å². The second kappa shape index (κ2) is 6.29. The van der Waals surface area contributed by atoms with Crippen molar-refractivity contribution in [1.29, 1.82) is 0 Å². The normalized spacial score (nSPS) is 29.7. The molecule has 116 valence electrons. The fourth-order valence-corrected chi connectivity index (χ4v) is 4.27. The van der Waals surface area contributed by atoms with Crippen molar-refractivity contribution in [2.24, 2.45) is 11.8 Å². The van der Waals surface area contributed by atoms with Crippen molar-refractivity contribution in [1.82, 2.24) is 0 Å². The van der Waals surface area contributed by atoms with Gasteiger partial charge in [0.15, 0.2) is 0 Å². The average Bonchev–Trinajstić information content (AvgIpc) is 2.94. The molecule has 2 unspecified atom stereocenters. The predicted octanol–water partition coefficient (Wildman–Crippen LogP) is 4.83. The number of nitrogens with one attached hydrogen (secondary N) is 1. The molecule has 1 heterocycles. The molecule has 2 fully saturated rings. The van der Waals surface area contributed by atoms with Crippen LogP contribution in [0.2, 0.25) is 0 Å². The first-order valence-corrected chi connectivity index (χ1v) is 8.74. The summed E-state index contributed by atoms with van der Waals surface area (Å²) < 4.78 is 0. The Hall–Kier alpha value is -1.18. The number of rotatable bonds is 3. The summed E-state index contributed by atoms with van der Waals surface area (Å²) in [6.45, 7) is 9.49. The Morgan fingerprint density at radius 3 is 2.29 bits per heavy atom. The van der Waals surface area contributed by atoms with Gasteiger partial charge in [-0.2, -0.15) is 0 Å². The van der Waals surface area contributed by atoms with Crippen LogP contribution < -0.4 is 10.2 Å². The lowest BCUT2D eigenvalue weighted by molar-refractivity contribution is 0.281. The van der Waals surface area contributed by atoms with Gasteiger partial charge in [-0.15, -0.1) is 0 Å². The summed E-state index contributed by atoms with van der Waals surface area (Å²) in [6, 6.07) is 7.62. The second-order valence-electron chi connectivity index (χ2n) is 7.45. The van der Waals surface area contributed by atoms with Gasteiger partial charge in [-0.05, 0) is 74.6 Å². The third-order valence-electron chi connectivity index (χ3n) is 5.22. The molecular weight excluding hydrogens is 256 g/mol. The topological polar surface area (TPSA) is 15.3 Å². The van der Waals surface area contributed by atoms with Crippen LogP contribution >= 0.6 is 0 Å². The Morgan fingerprint density at radius 2 is 1.67 bits per heavy atom. The highest BCUT2D eigenvalue weighted by molar-refractivity contribution is 5.61. The van der Waals surface area contributed by atoms with Crippen LogP contribution in [0.5, 0.6) is 0 Å². The summed E-state index contributed by atoms with van der Waals surface area (Å²) >= 11 is 0. The Balaban J connectivity index is 1.68. The van der Waals surface area contributed by atoms with Crippen molar-refractivity contribution < 1.29 is 0 Å². The largest absolute Gasteiger partial charge is 0.382 e. The highest BCUT2D eigenvalue weighted by Crippen LogP contribution is 2.32. The molecule has 1 N–H and O–H groups in total. The summed E-state index contributed by atoms with van der Waals surface area (Å²) in [5.74, 6) is 1.71. The van der Waals surface area contributed by atoms with Gasteiger partial charge < -0.3 is 10.2 Å². The third kappa shape index (κ3) is 3.53. The van der Waals surface area contributed by atoms with Crippen LogP contribution in [0.3, 0.4) is 0 Å². The van der Waals surface area contributed by atoms with Crippen molar-refractivity contribution in [2.75, 3.05) is 23.3 Å². The molecule has 0 aromatic heterocycles. The first-order chi connectivity index (χ1) is 10.1. The minimum atomic E-state index is 0.653. The minimum Gasteiger partial charge on any atom is -0.382 e. The molecule has 1 aromatic rings. The van der Waals surface area contributed by atoms with Crippen molar-refractivity contribution in [3.8, 4) is 0 Å². The van der Waals surface area contributed by atoms with E-state index in [0.717, 1.165) is 11.8 Å². The van der Waals surface area contributed by atoms with Crippen molar-refractivity contribution >= 4 is 11.4 Å². The molecule has 1 aliphatic heterocycles. The van der Waals surface area contributed by atoms with Crippen LogP contribution in [0.15, 0.2) is 18.2 Å². The molecule has 0 bridgehead atoms. The van der Waals surface area contributed by atoms with E-state index in [4.69, 9.17) is 0 Å². The van der Waals surface area contributed by atoms with Gasteiger partial charge in [-0.3, -0.25) is 0 Å². The molecule has 21 heavy (non-hydrogen) atoms. The number of aryl methyl sites for hydroxylation is 1. The summed E-state index contributed by atoms with van der Waals surface area (Å²) in [4.78, 5) is 2.52. The zero-order valence-electron chi connectivity index (χ0n) is 13.9. The van der Waals surface area contributed by atoms with E-state index in [0.29, 0.717) is 6.04 Å². The molecule has 1 aliphatic carbocycles. The third-order valence-corrected chi connectivity index (χ3v) is 5.22. The number of hydrogen-bond donors (Lipinski definition) is 1. The Morgan fingerprint density at radius 1 is 1.00 bits per heavy atom. The van der Waals surface area contributed by atoms with Crippen molar-refractivity contribution in [3.05, 3.63) is 23.8 Å². The SMILES string of the molecule is Cc1cc(N2CCCC2)ccc1NC1CC(C)CC(C)C1. The lowest BCUT2D eigenvalue weighted by atomic mass is 9.80. The molecule has 3 rings (SSSR count). The molecule has 0 spiro atoms. The molecular formula is C19H30N2.